The van der Waals surface area contributed by atoms with E-state index < -0.39 is 46.3 Å². The van der Waals surface area contributed by atoms with E-state index in [0.29, 0.717) is 29.3 Å². The highest BCUT2D eigenvalue weighted by Crippen LogP contribution is 2.29. The van der Waals surface area contributed by atoms with Crippen molar-refractivity contribution in [2.75, 3.05) is 12.4 Å². The molecule has 0 unspecified atom stereocenters. The lowest BCUT2D eigenvalue weighted by Crippen LogP contribution is -2.30. The fraction of sp³-hybridized carbons (Fsp3) is 0.450. The Bertz CT molecular complexity index is 963. The molecule has 1 N–H and O–H groups in total. The topological polar surface area (TPSA) is 133 Å². The van der Waals surface area contributed by atoms with Crippen LogP contribution in [0, 0.1) is 9.49 Å². The van der Waals surface area contributed by atoms with E-state index in [1.54, 1.807) is 12.1 Å². The molecular formula is C20H23IO9S. The SMILES string of the molecule is C=C(C)C(=O)Oc1ccc(I)c(C(=O)OC2CCC(C(=O)OCCS(=O)(=O)O)CC2)c1. The summed E-state index contributed by atoms with van der Waals surface area (Å²) in [7, 11) is -4.18. The maximum absolute atomic E-state index is 12.6. The maximum atomic E-state index is 12.6. The molecule has 1 aromatic rings. The molecular weight excluding hydrogens is 543 g/mol. The highest BCUT2D eigenvalue weighted by molar-refractivity contribution is 14.1. The van der Waals surface area contributed by atoms with Crippen molar-refractivity contribution in [3.8, 4) is 5.75 Å². The van der Waals surface area contributed by atoms with Gasteiger partial charge in [-0.3, -0.25) is 9.35 Å². The second-order valence-corrected chi connectivity index (χ2v) is 9.88. The van der Waals surface area contributed by atoms with Gasteiger partial charge in [0.05, 0.1) is 11.5 Å². The molecule has 1 saturated carbocycles. The number of halogens is 1. The number of carbonyl (C=O) groups excluding carboxylic acids is 3. The summed E-state index contributed by atoms with van der Waals surface area (Å²) in [6.07, 6.45) is 1.37. The van der Waals surface area contributed by atoms with Crippen LogP contribution in [0.4, 0.5) is 0 Å². The van der Waals surface area contributed by atoms with E-state index in [9.17, 15) is 22.8 Å². The minimum absolute atomic E-state index is 0.205. The Hall–Kier alpha value is -1.99. The van der Waals surface area contributed by atoms with Crippen LogP contribution in [0.25, 0.3) is 0 Å². The number of esters is 3. The smallest absolute Gasteiger partial charge is 0.339 e. The Labute approximate surface area is 194 Å². The summed E-state index contributed by atoms with van der Waals surface area (Å²) in [5.41, 5.74) is 0.496. The van der Waals surface area contributed by atoms with Crippen LogP contribution >= 0.6 is 22.6 Å². The minimum atomic E-state index is -4.18. The average molecular weight is 566 g/mol. The molecule has 1 aliphatic rings. The van der Waals surface area contributed by atoms with Crippen molar-refractivity contribution in [1.82, 2.24) is 0 Å². The zero-order chi connectivity index (χ0) is 23.2. The molecule has 0 amide bonds. The van der Waals surface area contributed by atoms with Gasteiger partial charge in [0.2, 0.25) is 0 Å². The molecule has 0 saturated heterocycles. The van der Waals surface area contributed by atoms with Gasteiger partial charge in [0, 0.05) is 9.14 Å². The molecule has 0 atom stereocenters. The summed E-state index contributed by atoms with van der Waals surface area (Å²) in [6, 6.07) is 4.64. The van der Waals surface area contributed by atoms with Gasteiger partial charge < -0.3 is 14.2 Å². The van der Waals surface area contributed by atoms with Gasteiger partial charge in [0.15, 0.2) is 0 Å². The third-order valence-electron chi connectivity index (χ3n) is 4.58. The summed E-state index contributed by atoms with van der Waals surface area (Å²) in [6.45, 7) is 4.62. The first-order valence-corrected chi connectivity index (χ1v) is 12.1. The van der Waals surface area contributed by atoms with Gasteiger partial charge in [-0.15, -0.1) is 0 Å². The molecule has 1 fully saturated rings. The van der Waals surface area contributed by atoms with Crippen LogP contribution < -0.4 is 4.74 Å². The molecule has 1 aromatic carbocycles. The van der Waals surface area contributed by atoms with Crippen molar-refractivity contribution in [1.29, 1.82) is 0 Å². The number of hydrogen-bond donors (Lipinski definition) is 1. The quantitative estimate of drug-likeness (QED) is 0.166. The van der Waals surface area contributed by atoms with Crippen LogP contribution in [0.1, 0.15) is 43.0 Å². The molecule has 31 heavy (non-hydrogen) atoms. The van der Waals surface area contributed by atoms with Gasteiger partial charge in [-0.2, -0.15) is 8.42 Å². The first-order chi connectivity index (χ1) is 14.5. The van der Waals surface area contributed by atoms with Crippen molar-refractivity contribution < 1.29 is 41.6 Å². The van der Waals surface area contributed by atoms with Crippen LogP contribution in [0.5, 0.6) is 5.75 Å². The van der Waals surface area contributed by atoms with E-state index in [1.165, 1.54) is 13.0 Å². The van der Waals surface area contributed by atoms with Crippen LogP contribution in [0.3, 0.4) is 0 Å². The normalized spacial score (nSPS) is 18.7. The van der Waals surface area contributed by atoms with Crippen LogP contribution in [0.2, 0.25) is 0 Å². The van der Waals surface area contributed by atoms with Crippen molar-refractivity contribution >= 4 is 50.6 Å². The molecule has 170 valence electrons. The van der Waals surface area contributed by atoms with Gasteiger partial charge in [0.1, 0.15) is 24.2 Å². The Morgan fingerprint density at radius 3 is 2.42 bits per heavy atom. The van der Waals surface area contributed by atoms with E-state index >= 15 is 0 Å². The lowest BCUT2D eigenvalue weighted by molar-refractivity contribution is -0.149. The van der Waals surface area contributed by atoms with Crippen molar-refractivity contribution in [2.45, 2.75) is 38.7 Å². The first-order valence-electron chi connectivity index (χ1n) is 9.46. The summed E-state index contributed by atoms with van der Waals surface area (Å²) < 4.78 is 46.2. The van der Waals surface area contributed by atoms with Crippen LogP contribution in [-0.2, 0) is 29.2 Å². The fourth-order valence-corrected chi connectivity index (χ4v) is 3.76. The standard InChI is InChI=1S/C20H23IO9S/c1-12(2)18(22)30-15-7-8-17(21)16(11-15)20(24)29-14-5-3-13(4-6-14)19(23)28-9-10-31(25,26)27/h7-8,11,13-14H,1,3-6,9-10H2,2H3,(H,25,26,27). The van der Waals surface area contributed by atoms with E-state index in [0.717, 1.165) is 0 Å². The average Bonchev–Trinajstić information content (AvgIpc) is 2.68. The van der Waals surface area contributed by atoms with Gasteiger partial charge >= 0.3 is 17.9 Å². The van der Waals surface area contributed by atoms with Gasteiger partial charge in [0.25, 0.3) is 10.1 Å². The molecule has 2 rings (SSSR count). The lowest BCUT2D eigenvalue weighted by atomic mass is 9.87. The van der Waals surface area contributed by atoms with Gasteiger partial charge in [-0.1, -0.05) is 6.58 Å². The molecule has 0 radical (unpaired) electrons. The Morgan fingerprint density at radius 2 is 1.84 bits per heavy atom. The third-order valence-corrected chi connectivity index (χ3v) is 6.21. The molecule has 9 nitrogen and oxygen atoms in total. The van der Waals surface area contributed by atoms with E-state index in [1.807, 2.05) is 22.6 Å². The molecule has 0 spiro atoms. The zero-order valence-electron chi connectivity index (χ0n) is 16.8. The van der Waals surface area contributed by atoms with E-state index in [2.05, 4.69) is 6.58 Å². The highest BCUT2D eigenvalue weighted by atomic mass is 127. The van der Waals surface area contributed by atoms with Crippen molar-refractivity contribution in [3.05, 3.63) is 39.5 Å². The van der Waals surface area contributed by atoms with Gasteiger partial charge in [-0.25, -0.2) is 9.59 Å². The van der Waals surface area contributed by atoms with Crippen LogP contribution in [-0.4, -0.2) is 49.3 Å². The Kier molecular flexibility index (Phi) is 9.01. The number of hydrogen-bond acceptors (Lipinski definition) is 8. The number of ether oxygens (including phenoxy) is 3. The van der Waals surface area contributed by atoms with Crippen LogP contribution in [0.15, 0.2) is 30.4 Å². The maximum Gasteiger partial charge on any atom is 0.339 e. The minimum Gasteiger partial charge on any atom is -0.464 e. The number of carbonyl (C=O) groups is 3. The summed E-state index contributed by atoms with van der Waals surface area (Å²) in [5.74, 6) is -2.54. The van der Waals surface area contributed by atoms with Gasteiger partial charge in [-0.05, 0) is 73.4 Å². The predicted octanol–water partition coefficient (Wildman–Crippen LogP) is 2.92. The van der Waals surface area contributed by atoms with Crippen molar-refractivity contribution in [3.63, 3.8) is 0 Å². The molecule has 0 bridgehead atoms. The Morgan fingerprint density at radius 1 is 1.19 bits per heavy atom. The highest BCUT2D eigenvalue weighted by Gasteiger charge is 2.30. The molecule has 1 aliphatic carbocycles. The number of benzene rings is 1. The van der Waals surface area contributed by atoms with E-state index in [-0.39, 0.29) is 23.0 Å². The molecule has 0 heterocycles. The largest absolute Gasteiger partial charge is 0.464 e. The fourth-order valence-electron chi connectivity index (χ4n) is 2.92. The number of rotatable bonds is 8. The lowest BCUT2D eigenvalue weighted by Gasteiger charge is -2.27. The molecule has 0 aliphatic heterocycles. The second-order valence-electron chi connectivity index (χ2n) is 7.14. The molecule has 0 aromatic heterocycles. The third kappa shape index (κ3) is 8.22. The predicted molar refractivity (Wildman–Crippen MR) is 118 cm³/mol. The second kappa shape index (κ2) is 11.0. The monoisotopic (exact) mass is 566 g/mol. The van der Waals surface area contributed by atoms with Crippen molar-refractivity contribution in [2.24, 2.45) is 5.92 Å². The summed E-state index contributed by atoms with van der Waals surface area (Å²) >= 11 is 1.98. The first kappa shape index (κ1) is 25.3. The summed E-state index contributed by atoms with van der Waals surface area (Å²) in [5, 5.41) is 0. The molecule has 11 heteroatoms. The Balaban J connectivity index is 1.88. The zero-order valence-corrected chi connectivity index (χ0v) is 19.8. The van der Waals surface area contributed by atoms with E-state index in [4.69, 9.17) is 18.8 Å². The summed E-state index contributed by atoms with van der Waals surface area (Å²) in [4.78, 5) is 36.3.